The van der Waals surface area contributed by atoms with Crippen molar-refractivity contribution >= 4 is 11.8 Å². The third-order valence-corrected chi connectivity index (χ3v) is 9.76. The van der Waals surface area contributed by atoms with Crippen molar-refractivity contribution in [2.24, 2.45) is 34.5 Å². The summed E-state index contributed by atoms with van der Waals surface area (Å²) in [5, 5.41) is 22.2. The Hall–Kier alpha value is -1.20. The van der Waals surface area contributed by atoms with E-state index in [1.807, 2.05) is 0 Å². The van der Waals surface area contributed by atoms with E-state index in [9.17, 15) is 19.8 Å². The maximum Gasteiger partial charge on any atom is 0.331 e. The van der Waals surface area contributed by atoms with Crippen LogP contribution in [0.15, 0.2) is 11.6 Å². The van der Waals surface area contributed by atoms with Crippen LogP contribution in [-0.2, 0) is 14.3 Å². The van der Waals surface area contributed by atoms with Gasteiger partial charge in [0.1, 0.15) is 12.2 Å². The number of ether oxygens (including phenoxy) is 1. The summed E-state index contributed by atoms with van der Waals surface area (Å²) in [6, 6.07) is 0. The highest BCUT2D eigenvalue weighted by Crippen LogP contribution is 2.68. The van der Waals surface area contributed by atoms with Crippen molar-refractivity contribution in [3.05, 3.63) is 11.6 Å². The summed E-state index contributed by atoms with van der Waals surface area (Å²) < 4.78 is 5.13. The molecule has 2 N–H and O–H groups in total. The van der Waals surface area contributed by atoms with E-state index in [0.29, 0.717) is 18.3 Å². The second-order valence-corrected chi connectivity index (χ2v) is 10.7. The minimum Gasteiger partial charge on any atom is -0.458 e. The topological polar surface area (TPSA) is 83.8 Å². The summed E-state index contributed by atoms with van der Waals surface area (Å²) in [7, 11) is 0. The van der Waals surface area contributed by atoms with Gasteiger partial charge < -0.3 is 14.9 Å². The number of esters is 1. The first-order valence-corrected chi connectivity index (χ1v) is 11.0. The fraction of sp³-hybridized carbons (Fsp3) is 0.826. The molecule has 5 rings (SSSR count). The molecule has 0 bridgehead atoms. The molecule has 0 aromatic rings. The zero-order valence-electron chi connectivity index (χ0n) is 16.9. The lowest BCUT2D eigenvalue weighted by Gasteiger charge is -2.62. The fourth-order valence-corrected chi connectivity index (χ4v) is 8.14. The van der Waals surface area contributed by atoms with Gasteiger partial charge >= 0.3 is 5.97 Å². The molecule has 1 heterocycles. The maximum absolute atomic E-state index is 13.3. The molecule has 0 spiro atoms. The Morgan fingerprint density at radius 2 is 1.86 bits per heavy atom. The van der Waals surface area contributed by atoms with Crippen LogP contribution in [0.5, 0.6) is 0 Å². The normalized spacial score (nSPS) is 53.1. The summed E-state index contributed by atoms with van der Waals surface area (Å²) in [6.45, 7) is 4.67. The van der Waals surface area contributed by atoms with Crippen LogP contribution >= 0.6 is 0 Å². The van der Waals surface area contributed by atoms with E-state index in [2.05, 4.69) is 13.8 Å². The van der Waals surface area contributed by atoms with Gasteiger partial charge in [0, 0.05) is 17.9 Å². The second kappa shape index (κ2) is 5.91. The van der Waals surface area contributed by atoms with Crippen molar-refractivity contribution in [1.82, 2.24) is 0 Å². The highest BCUT2D eigenvalue weighted by Gasteiger charge is 2.71. The van der Waals surface area contributed by atoms with Gasteiger partial charge in [-0.05, 0) is 79.6 Å². The predicted octanol–water partition coefficient (Wildman–Crippen LogP) is 2.78. The minimum absolute atomic E-state index is 0.0149. The molecule has 0 saturated heterocycles. The summed E-state index contributed by atoms with van der Waals surface area (Å²) in [5.74, 6) is 0.336. The largest absolute Gasteiger partial charge is 0.458 e. The molecule has 5 nitrogen and oxygen atoms in total. The van der Waals surface area contributed by atoms with E-state index in [1.165, 1.54) is 0 Å². The SMILES string of the molecule is C[C@]12CC[C@H](O)C[C@H]1CC[C@@H]1[C@@H]2CC[C@]2(C)[C@@H](C3=CC(=O)OC3)CC(=O)[C@]12O. The predicted molar refractivity (Wildman–Crippen MR) is 102 cm³/mol. The van der Waals surface area contributed by atoms with Crippen LogP contribution in [0.3, 0.4) is 0 Å². The van der Waals surface area contributed by atoms with Gasteiger partial charge in [-0.25, -0.2) is 4.79 Å². The highest BCUT2D eigenvalue weighted by molar-refractivity contribution is 5.93. The van der Waals surface area contributed by atoms with Gasteiger partial charge in [-0.1, -0.05) is 13.8 Å². The number of rotatable bonds is 1. The summed E-state index contributed by atoms with van der Waals surface area (Å²) >= 11 is 0. The molecule has 4 saturated carbocycles. The summed E-state index contributed by atoms with van der Waals surface area (Å²) in [6.07, 6.45) is 7.99. The lowest BCUT2D eigenvalue weighted by Crippen LogP contribution is -2.64. The van der Waals surface area contributed by atoms with Gasteiger partial charge in [-0.2, -0.15) is 0 Å². The van der Waals surface area contributed by atoms with Gasteiger partial charge in [0.05, 0.1) is 6.10 Å². The molecule has 1 aliphatic heterocycles. The number of hydrogen-bond acceptors (Lipinski definition) is 5. The van der Waals surface area contributed by atoms with E-state index in [1.54, 1.807) is 6.08 Å². The number of carbonyl (C=O) groups excluding carboxylic acids is 2. The molecule has 5 heteroatoms. The van der Waals surface area contributed by atoms with Gasteiger partial charge in [0.15, 0.2) is 5.78 Å². The van der Waals surface area contributed by atoms with Crippen LogP contribution in [0.1, 0.15) is 65.2 Å². The molecule has 0 amide bonds. The smallest absolute Gasteiger partial charge is 0.331 e. The van der Waals surface area contributed by atoms with Crippen molar-refractivity contribution in [2.45, 2.75) is 76.9 Å². The molecule has 0 radical (unpaired) electrons. The molecule has 4 fully saturated rings. The van der Waals surface area contributed by atoms with Crippen LogP contribution in [0.25, 0.3) is 0 Å². The Morgan fingerprint density at radius 3 is 2.57 bits per heavy atom. The number of Topliss-reactive ketones (excluding diaryl/α,β-unsaturated/α-hetero) is 1. The van der Waals surface area contributed by atoms with Crippen LogP contribution in [0, 0.1) is 34.5 Å². The van der Waals surface area contributed by atoms with E-state index >= 15 is 0 Å². The van der Waals surface area contributed by atoms with Crippen LogP contribution < -0.4 is 0 Å². The maximum atomic E-state index is 13.3. The number of carbonyl (C=O) groups is 2. The van der Waals surface area contributed by atoms with Gasteiger partial charge in [0.2, 0.25) is 0 Å². The van der Waals surface area contributed by atoms with Crippen molar-refractivity contribution in [3.8, 4) is 0 Å². The summed E-state index contributed by atoms with van der Waals surface area (Å²) in [4.78, 5) is 24.9. The standard InChI is InChI=1S/C23H32O5/c1-21-7-5-15(24)10-14(21)3-4-17-16(21)6-8-22(2)18(11-19(25)23(17,22)27)13-9-20(26)28-12-13/h9,14-18,24,27H,3-8,10-12H2,1-2H3/t14-,15+,16+,17-,18-,21+,22-,23-/m1/s1. The molecule has 0 aromatic carbocycles. The van der Waals surface area contributed by atoms with Crippen molar-refractivity contribution in [3.63, 3.8) is 0 Å². The van der Waals surface area contributed by atoms with Gasteiger partial charge in [-0.3, -0.25) is 4.79 Å². The number of hydrogen-bond donors (Lipinski definition) is 2. The number of cyclic esters (lactones) is 1. The number of aliphatic hydroxyl groups is 2. The van der Waals surface area contributed by atoms with E-state index in [-0.39, 0.29) is 41.7 Å². The number of fused-ring (bicyclic) bond motifs is 5. The summed E-state index contributed by atoms with van der Waals surface area (Å²) in [5.41, 5.74) is -0.848. The van der Waals surface area contributed by atoms with Gasteiger partial charge in [-0.15, -0.1) is 0 Å². The van der Waals surface area contributed by atoms with Crippen LogP contribution in [0.4, 0.5) is 0 Å². The second-order valence-electron chi connectivity index (χ2n) is 10.7. The number of aliphatic hydroxyl groups excluding tert-OH is 1. The molecule has 5 aliphatic rings. The zero-order valence-corrected chi connectivity index (χ0v) is 16.9. The minimum atomic E-state index is -1.31. The first-order chi connectivity index (χ1) is 13.2. The third-order valence-electron chi connectivity index (χ3n) is 9.76. The van der Waals surface area contributed by atoms with Gasteiger partial charge in [0.25, 0.3) is 0 Å². The molecule has 4 aliphatic carbocycles. The Bertz CT molecular complexity index is 758. The van der Waals surface area contributed by atoms with Crippen LogP contribution in [0.2, 0.25) is 0 Å². The number of ketones is 1. The fourth-order valence-electron chi connectivity index (χ4n) is 8.14. The third kappa shape index (κ3) is 2.21. The lowest BCUT2D eigenvalue weighted by atomic mass is 9.43. The molecule has 0 aromatic heterocycles. The first-order valence-electron chi connectivity index (χ1n) is 11.0. The average Bonchev–Trinajstić information content (AvgIpc) is 3.16. The monoisotopic (exact) mass is 388 g/mol. The van der Waals surface area contributed by atoms with Crippen LogP contribution in [-0.4, -0.2) is 40.3 Å². The molecular weight excluding hydrogens is 356 g/mol. The Morgan fingerprint density at radius 1 is 1.07 bits per heavy atom. The molecular formula is C23H32O5. The quantitative estimate of drug-likeness (QED) is 0.675. The average molecular weight is 389 g/mol. The first kappa shape index (κ1) is 18.8. The zero-order chi connectivity index (χ0) is 19.9. The van der Waals surface area contributed by atoms with E-state index in [4.69, 9.17) is 4.74 Å². The lowest BCUT2D eigenvalue weighted by molar-refractivity contribution is -0.206. The van der Waals surface area contributed by atoms with E-state index < -0.39 is 11.0 Å². The highest BCUT2D eigenvalue weighted by atomic mass is 16.5. The molecule has 0 unspecified atom stereocenters. The van der Waals surface area contributed by atoms with Crippen molar-refractivity contribution in [1.29, 1.82) is 0 Å². The Labute approximate surface area is 166 Å². The van der Waals surface area contributed by atoms with Crippen molar-refractivity contribution in [2.75, 3.05) is 6.61 Å². The Kier molecular flexibility index (Phi) is 3.97. The molecule has 8 atom stereocenters. The van der Waals surface area contributed by atoms with Crippen molar-refractivity contribution < 1.29 is 24.5 Å². The molecule has 154 valence electrons. The Balaban J connectivity index is 1.51. The van der Waals surface area contributed by atoms with E-state index in [0.717, 1.165) is 50.5 Å². The molecule has 28 heavy (non-hydrogen) atoms.